The van der Waals surface area contributed by atoms with Gasteiger partial charge in [-0.05, 0) is 57.9 Å². The second-order valence-electron chi connectivity index (χ2n) is 8.84. The predicted molar refractivity (Wildman–Crippen MR) is 92.9 cm³/mol. The second-order valence-corrected chi connectivity index (χ2v) is 8.84. The first-order chi connectivity index (χ1) is 11.5. The fourth-order valence-electron chi connectivity index (χ4n) is 4.46. The van der Waals surface area contributed by atoms with Crippen molar-refractivity contribution in [3.05, 3.63) is 28.6 Å². The lowest BCUT2D eigenvalue weighted by Crippen LogP contribution is -2.49. The number of likely N-dealkylation sites (tertiary alicyclic amines) is 1. The van der Waals surface area contributed by atoms with Gasteiger partial charge in [0.2, 0.25) is 0 Å². The van der Waals surface area contributed by atoms with Crippen LogP contribution in [0.2, 0.25) is 0 Å². The molecule has 3 fully saturated rings. The quantitative estimate of drug-likeness (QED) is 0.850. The molecule has 4 aliphatic rings. The van der Waals surface area contributed by atoms with E-state index in [2.05, 4.69) is 31.7 Å². The minimum atomic E-state index is 0.208. The normalized spacial score (nSPS) is 26.0. The van der Waals surface area contributed by atoms with E-state index in [1.807, 2.05) is 4.90 Å². The third-order valence-corrected chi connectivity index (χ3v) is 6.59. The number of pyridine rings is 1. The molecule has 0 radical (unpaired) electrons. The maximum atomic E-state index is 12.9. The molecule has 3 heterocycles. The van der Waals surface area contributed by atoms with Crippen molar-refractivity contribution < 1.29 is 4.79 Å². The van der Waals surface area contributed by atoms with Gasteiger partial charge in [0.15, 0.2) is 0 Å². The van der Waals surface area contributed by atoms with E-state index in [1.54, 1.807) is 0 Å². The van der Waals surface area contributed by atoms with Crippen LogP contribution in [0.25, 0.3) is 0 Å². The number of fused-ring (bicyclic) bond motifs is 1. The average molecular weight is 325 g/mol. The van der Waals surface area contributed by atoms with Gasteiger partial charge in [-0.25, -0.2) is 0 Å². The minimum absolute atomic E-state index is 0.208. The lowest BCUT2D eigenvalue weighted by atomic mass is 9.93. The van der Waals surface area contributed by atoms with Crippen LogP contribution >= 0.6 is 0 Å². The van der Waals surface area contributed by atoms with Gasteiger partial charge < -0.3 is 4.90 Å². The van der Waals surface area contributed by atoms with E-state index in [4.69, 9.17) is 4.98 Å². The van der Waals surface area contributed by atoms with Crippen molar-refractivity contribution in [2.45, 2.75) is 71.0 Å². The summed E-state index contributed by atoms with van der Waals surface area (Å²) in [5.41, 5.74) is 5.16. The van der Waals surface area contributed by atoms with Crippen LogP contribution in [0.4, 0.5) is 0 Å². The van der Waals surface area contributed by atoms with Crippen LogP contribution in [0.1, 0.15) is 85.7 Å². The molecule has 2 aliphatic carbocycles. The number of hydrogen-bond donors (Lipinski definition) is 0. The number of amides is 1. The molecule has 1 spiro atoms. The van der Waals surface area contributed by atoms with Gasteiger partial charge in [-0.1, -0.05) is 0 Å². The van der Waals surface area contributed by atoms with Crippen molar-refractivity contribution in [2.75, 3.05) is 13.1 Å². The summed E-state index contributed by atoms with van der Waals surface area (Å²) in [6.45, 7) is 9.67. The Hall–Kier alpha value is -1.42. The van der Waals surface area contributed by atoms with Gasteiger partial charge in [0.25, 0.3) is 5.91 Å². The molecule has 4 heteroatoms. The smallest absolute Gasteiger partial charge is 0.254 e. The van der Waals surface area contributed by atoms with E-state index in [-0.39, 0.29) is 11.9 Å². The Morgan fingerprint density at radius 3 is 2.50 bits per heavy atom. The van der Waals surface area contributed by atoms with Crippen LogP contribution in [-0.4, -0.2) is 39.8 Å². The van der Waals surface area contributed by atoms with Crippen LogP contribution < -0.4 is 0 Å². The molecule has 0 aromatic carbocycles. The molecule has 1 aromatic heterocycles. The standard InChI is InChI=1S/C20H27N3O/c1-12(2)23-9-16-15(19(23)24)8-17(21-18(16)14-4-5-14)13(3)22-10-20(11-22)6-7-20/h8,12-14H,4-7,9-11H2,1-3H3. The molecular formula is C20H27N3O. The van der Waals surface area contributed by atoms with Crippen LogP contribution in [0.3, 0.4) is 0 Å². The number of hydrogen-bond acceptors (Lipinski definition) is 3. The molecule has 128 valence electrons. The summed E-state index contributed by atoms with van der Waals surface area (Å²) < 4.78 is 0. The SMILES string of the molecule is CC(c1cc2c(c(C3CC3)n1)CN(C(C)C)C2=O)N1CC2(CC2)C1. The van der Waals surface area contributed by atoms with Crippen molar-refractivity contribution in [1.82, 2.24) is 14.8 Å². The zero-order valence-electron chi connectivity index (χ0n) is 15.0. The Balaban J connectivity index is 1.49. The molecular weight excluding hydrogens is 298 g/mol. The highest BCUT2D eigenvalue weighted by atomic mass is 16.2. The van der Waals surface area contributed by atoms with Crippen molar-refractivity contribution in [1.29, 1.82) is 0 Å². The lowest BCUT2D eigenvalue weighted by Gasteiger charge is -2.43. The highest BCUT2D eigenvalue weighted by Gasteiger charge is 2.53. The molecule has 1 atom stereocenters. The molecule has 1 unspecified atom stereocenters. The Labute approximate surface area is 144 Å². The van der Waals surface area contributed by atoms with E-state index in [1.165, 1.54) is 50.0 Å². The van der Waals surface area contributed by atoms with Gasteiger partial charge in [-0.3, -0.25) is 14.7 Å². The molecule has 5 rings (SSSR count). The fraction of sp³-hybridized carbons (Fsp3) is 0.700. The monoisotopic (exact) mass is 325 g/mol. The molecule has 2 aliphatic heterocycles. The number of nitrogens with zero attached hydrogens (tertiary/aromatic N) is 3. The molecule has 24 heavy (non-hydrogen) atoms. The Bertz CT molecular complexity index is 710. The highest BCUT2D eigenvalue weighted by molar-refractivity contribution is 5.99. The topological polar surface area (TPSA) is 36.4 Å². The lowest BCUT2D eigenvalue weighted by molar-refractivity contribution is 0.0411. The Morgan fingerprint density at radius 2 is 1.92 bits per heavy atom. The van der Waals surface area contributed by atoms with E-state index >= 15 is 0 Å². The summed E-state index contributed by atoms with van der Waals surface area (Å²) in [6, 6.07) is 2.69. The number of carbonyl (C=O) groups excluding carboxylic acids is 1. The summed E-state index contributed by atoms with van der Waals surface area (Å²) >= 11 is 0. The first kappa shape index (κ1) is 14.9. The summed E-state index contributed by atoms with van der Waals surface area (Å²) in [4.78, 5) is 22.5. The Kier molecular flexibility index (Phi) is 2.98. The number of carbonyl (C=O) groups is 1. The highest BCUT2D eigenvalue weighted by Crippen LogP contribution is 2.55. The molecule has 1 amide bonds. The molecule has 0 bridgehead atoms. The molecule has 1 saturated heterocycles. The van der Waals surface area contributed by atoms with Crippen molar-refractivity contribution >= 4 is 5.91 Å². The van der Waals surface area contributed by atoms with Gasteiger partial charge in [0.05, 0.1) is 5.69 Å². The van der Waals surface area contributed by atoms with Gasteiger partial charge in [-0.15, -0.1) is 0 Å². The van der Waals surface area contributed by atoms with E-state index < -0.39 is 0 Å². The van der Waals surface area contributed by atoms with Gasteiger partial charge in [-0.2, -0.15) is 0 Å². The Morgan fingerprint density at radius 1 is 1.21 bits per heavy atom. The van der Waals surface area contributed by atoms with E-state index in [9.17, 15) is 4.79 Å². The molecule has 1 aromatic rings. The summed E-state index contributed by atoms with van der Waals surface area (Å²) in [5.74, 6) is 0.803. The minimum Gasteiger partial charge on any atom is -0.332 e. The molecule has 0 N–H and O–H groups in total. The second kappa shape index (κ2) is 4.81. The van der Waals surface area contributed by atoms with Crippen molar-refractivity contribution in [2.24, 2.45) is 5.41 Å². The fourth-order valence-corrected chi connectivity index (χ4v) is 4.46. The number of aromatic nitrogens is 1. The summed E-state index contributed by atoms with van der Waals surface area (Å²) in [5, 5.41) is 0. The average Bonchev–Trinajstić information content (AvgIpc) is 3.42. The largest absolute Gasteiger partial charge is 0.332 e. The van der Waals surface area contributed by atoms with E-state index in [0.29, 0.717) is 17.4 Å². The van der Waals surface area contributed by atoms with Crippen LogP contribution in [-0.2, 0) is 6.54 Å². The van der Waals surface area contributed by atoms with Crippen LogP contribution in [0.15, 0.2) is 6.07 Å². The zero-order valence-corrected chi connectivity index (χ0v) is 15.0. The van der Waals surface area contributed by atoms with Crippen LogP contribution in [0.5, 0.6) is 0 Å². The summed E-state index contributed by atoms with van der Waals surface area (Å²) in [6.07, 6.45) is 5.28. The number of rotatable bonds is 4. The third-order valence-electron chi connectivity index (χ3n) is 6.59. The zero-order chi connectivity index (χ0) is 16.6. The third kappa shape index (κ3) is 2.15. The van der Waals surface area contributed by atoms with Gasteiger partial charge >= 0.3 is 0 Å². The van der Waals surface area contributed by atoms with Crippen molar-refractivity contribution in [3.63, 3.8) is 0 Å². The van der Waals surface area contributed by atoms with E-state index in [0.717, 1.165) is 17.8 Å². The van der Waals surface area contributed by atoms with Crippen LogP contribution in [0, 0.1) is 5.41 Å². The summed E-state index contributed by atoms with van der Waals surface area (Å²) in [7, 11) is 0. The first-order valence-corrected chi connectivity index (χ1v) is 9.56. The van der Waals surface area contributed by atoms with Gasteiger partial charge in [0, 0.05) is 54.5 Å². The predicted octanol–water partition coefficient (Wildman–Crippen LogP) is 3.48. The maximum absolute atomic E-state index is 12.9. The maximum Gasteiger partial charge on any atom is 0.254 e. The molecule has 4 nitrogen and oxygen atoms in total. The van der Waals surface area contributed by atoms with Crippen molar-refractivity contribution in [3.8, 4) is 0 Å². The molecule has 2 saturated carbocycles. The first-order valence-electron chi connectivity index (χ1n) is 9.56. The van der Waals surface area contributed by atoms with Gasteiger partial charge in [0.1, 0.15) is 0 Å².